The number of rotatable bonds is 4. The molecule has 4 unspecified atom stereocenters. The molecule has 2 heterocycles. The summed E-state index contributed by atoms with van der Waals surface area (Å²) in [6.07, 6.45) is 2.04. The van der Waals surface area contributed by atoms with Crippen LogP contribution in [0.4, 0.5) is 0 Å². The molecule has 0 aromatic heterocycles. The SMILES string of the molecule is CC.CC.O=C(O)CC1CN(CC2CC3c4ccccc4Cc4ccccc4C3O2)CCO1. The Hall–Kier alpha value is -2.21. The highest BCUT2D eigenvalue weighted by Gasteiger charge is 2.41. The molecule has 0 spiro atoms. The molecular formula is C28H39NO4. The monoisotopic (exact) mass is 453 g/mol. The van der Waals surface area contributed by atoms with Gasteiger partial charge in [-0.1, -0.05) is 76.2 Å². The summed E-state index contributed by atoms with van der Waals surface area (Å²) in [7, 11) is 0. The summed E-state index contributed by atoms with van der Waals surface area (Å²) < 4.78 is 12.3. The molecule has 0 bridgehead atoms. The molecule has 2 aliphatic heterocycles. The lowest BCUT2D eigenvalue weighted by atomic mass is 9.87. The number of carboxylic acids is 1. The maximum atomic E-state index is 11.0. The fourth-order valence-corrected chi connectivity index (χ4v) is 5.25. The van der Waals surface area contributed by atoms with Crippen LogP contribution in [0.25, 0.3) is 0 Å². The van der Waals surface area contributed by atoms with E-state index in [2.05, 4.69) is 53.4 Å². The van der Waals surface area contributed by atoms with Crippen molar-refractivity contribution in [2.24, 2.45) is 0 Å². The normalized spacial score (nSPS) is 25.7. The fraction of sp³-hybridized carbons (Fsp3) is 0.536. The van der Waals surface area contributed by atoms with Crippen molar-refractivity contribution in [3.05, 3.63) is 70.8 Å². The Kier molecular flexibility index (Phi) is 9.48. The number of fused-ring (bicyclic) bond motifs is 5. The highest BCUT2D eigenvalue weighted by Crippen LogP contribution is 2.49. The lowest BCUT2D eigenvalue weighted by Gasteiger charge is -2.33. The van der Waals surface area contributed by atoms with Gasteiger partial charge in [0.05, 0.1) is 31.3 Å². The molecule has 5 heteroatoms. The van der Waals surface area contributed by atoms with E-state index in [1.165, 1.54) is 22.3 Å². The van der Waals surface area contributed by atoms with Crippen molar-refractivity contribution in [1.29, 1.82) is 0 Å². The molecule has 1 aliphatic carbocycles. The minimum absolute atomic E-state index is 0.0635. The fourth-order valence-electron chi connectivity index (χ4n) is 5.25. The molecule has 1 N–H and O–H groups in total. The Bertz CT molecular complexity index is 845. The van der Waals surface area contributed by atoms with Gasteiger partial charge in [-0.05, 0) is 35.1 Å². The van der Waals surface area contributed by atoms with E-state index in [9.17, 15) is 4.79 Å². The van der Waals surface area contributed by atoms with Gasteiger partial charge in [-0.25, -0.2) is 0 Å². The minimum atomic E-state index is -0.801. The highest BCUT2D eigenvalue weighted by atomic mass is 16.5. The third-order valence-corrected chi connectivity index (χ3v) is 6.51. The number of ether oxygens (including phenoxy) is 2. The molecule has 0 saturated carbocycles. The molecule has 2 fully saturated rings. The van der Waals surface area contributed by atoms with Crippen LogP contribution < -0.4 is 0 Å². The van der Waals surface area contributed by atoms with Crippen molar-refractivity contribution >= 4 is 5.97 Å². The predicted octanol–water partition coefficient (Wildman–Crippen LogP) is 5.43. The number of benzene rings is 2. The van der Waals surface area contributed by atoms with Gasteiger partial charge in [-0.15, -0.1) is 0 Å². The van der Waals surface area contributed by atoms with E-state index in [1.54, 1.807) is 0 Å². The van der Waals surface area contributed by atoms with Crippen LogP contribution in [0.15, 0.2) is 48.5 Å². The van der Waals surface area contributed by atoms with E-state index in [4.69, 9.17) is 14.6 Å². The van der Waals surface area contributed by atoms with Gasteiger partial charge in [0.1, 0.15) is 0 Å². The quantitative estimate of drug-likeness (QED) is 0.669. The van der Waals surface area contributed by atoms with Crippen molar-refractivity contribution in [3.63, 3.8) is 0 Å². The summed E-state index contributed by atoms with van der Waals surface area (Å²) >= 11 is 0. The second kappa shape index (κ2) is 12.3. The van der Waals surface area contributed by atoms with Crippen molar-refractivity contribution in [2.75, 3.05) is 26.2 Å². The zero-order chi connectivity index (χ0) is 23.8. The molecule has 33 heavy (non-hydrogen) atoms. The Balaban J connectivity index is 0.000000728. The smallest absolute Gasteiger partial charge is 0.306 e. The molecule has 180 valence electrons. The number of carboxylic acid groups (broad SMARTS) is 1. The highest BCUT2D eigenvalue weighted by molar-refractivity contribution is 5.67. The minimum Gasteiger partial charge on any atom is -0.481 e. The summed E-state index contributed by atoms with van der Waals surface area (Å²) in [6, 6.07) is 17.5. The molecular weight excluding hydrogens is 414 g/mol. The number of hydrogen-bond donors (Lipinski definition) is 1. The summed E-state index contributed by atoms with van der Waals surface area (Å²) in [5.74, 6) is -0.430. The van der Waals surface area contributed by atoms with Crippen LogP contribution in [0.1, 0.15) is 74.8 Å². The second-order valence-electron chi connectivity index (χ2n) is 8.45. The zero-order valence-corrected chi connectivity index (χ0v) is 20.5. The largest absolute Gasteiger partial charge is 0.481 e. The lowest BCUT2D eigenvalue weighted by Crippen LogP contribution is -2.46. The number of carbonyl (C=O) groups is 1. The van der Waals surface area contributed by atoms with Crippen molar-refractivity contribution < 1.29 is 19.4 Å². The van der Waals surface area contributed by atoms with Crippen LogP contribution >= 0.6 is 0 Å². The van der Waals surface area contributed by atoms with Crippen LogP contribution in [0.2, 0.25) is 0 Å². The van der Waals surface area contributed by atoms with E-state index in [0.29, 0.717) is 19.1 Å². The molecule has 2 aromatic rings. The van der Waals surface area contributed by atoms with E-state index in [0.717, 1.165) is 25.9 Å². The van der Waals surface area contributed by atoms with E-state index in [-0.39, 0.29) is 24.7 Å². The standard InChI is InChI=1S/C24H27NO4.2C2H6/c26-23(27)13-18-14-25(9-10-28-18)15-19-12-22-20-7-3-1-5-16(20)11-17-6-2-4-8-21(17)24(22)29-19;2*1-2/h1-8,18-19,22,24H,9-15H2,(H,26,27);2*1-2H3. The molecule has 2 saturated heterocycles. The Morgan fingerprint density at radius 1 is 0.970 bits per heavy atom. The number of hydrogen-bond acceptors (Lipinski definition) is 4. The third kappa shape index (κ3) is 6.03. The number of aliphatic carboxylic acids is 1. The van der Waals surface area contributed by atoms with Crippen LogP contribution in [0.3, 0.4) is 0 Å². The molecule has 0 radical (unpaired) electrons. The first kappa shape index (κ1) is 25.4. The summed E-state index contributed by atoms with van der Waals surface area (Å²) in [6.45, 7) is 10.9. The Morgan fingerprint density at radius 3 is 2.30 bits per heavy atom. The topological polar surface area (TPSA) is 59.0 Å². The van der Waals surface area contributed by atoms with Crippen LogP contribution in [0, 0.1) is 0 Å². The van der Waals surface area contributed by atoms with E-state index >= 15 is 0 Å². The lowest BCUT2D eigenvalue weighted by molar-refractivity contribution is -0.142. The predicted molar refractivity (Wildman–Crippen MR) is 132 cm³/mol. The van der Waals surface area contributed by atoms with Gasteiger partial charge in [-0.3, -0.25) is 9.69 Å². The first-order chi connectivity index (χ1) is 16.2. The van der Waals surface area contributed by atoms with Gasteiger partial charge < -0.3 is 14.6 Å². The van der Waals surface area contributed by atoms with Crippen LogP contribution in [-0.4, -0.2) is 54.4 Å². The maximum absolute atomic E-state index is 11.0. The molecule has 0 amide bonds. The Labute approximate surface area is 198 Å². The van der Waals surface area contributed by atoms with Crippen molar-refractivity contribution in [1.82, 2.24) is 4.90 Å². The molecule has 5 nitrogen and oxygen atoms in total. The van der Waals surface area contributed by atoms with Gasteiger partial charge in [-0.2, -0.15) is 0 Å². The molecule has 5 rings (SSSR count). The first-order valence-corrected chi connectivity index (χ1v) is 12.5. The number of nitrogens with zero attached hydrogens (tertiary/aromatic N) is 1. The number of morpholine rings is 1. The summed E-state index contributed by atoms with van der Waals surface area (Å²) in [5, 5.41) is 9.07. The Morgan fingerprint density at radius 2 is 1.61 bits per heavy atom. The average molecular weight is 454 g/mol. The van der Waals surface area contributed by atoms with Gasteiger partial charge >= 0.3 is 5.97 Å². The molecule has 4 atom stereocenters. The third-order valence-electron chi connectivity index (χ3n) is 6.51. The van der Waals surface area contributed by atoms with Gasteiger partial charge in [0.25, 0.3) is 0 Å². The van der Waals surface area contributed by atoms with E-state index in [1.807, 2.05) is 27.7 Å². The van der Waals surface area contributed by atoms with Crippen LogP contribution in [0.5, 0.6) is 0 Å². The second-order valence-corrected chi connectivity index (χ2v) is 8.45. The van der Waals surface area contributed by atoms with Crippen molar-refractivity contribution in [2.45, 2.75) is 71.2 Å². The van der Waals surface area contributed by atoms with E-state index < -0.39 is 5.97 Å². The molecule has 2 aromatic carbocycles. The van der Waals surface area contributed by atoms with Crippen LogP contribution in [-0.2, 0) is 20.7 Å². The first-order valence-electron chi connectivity index (χ1n) is 12.5. The van der Waals surface area contributed by atoms with Gasteiger partial charge in [0, 0.05) is 25.6 Å². The zero-order valence-electron chi connectivity index (χ0n) is 20.5. The summed E-state index contributed by atoms with van der Waals surface area (Å²) in [4.78, 5) is 13.3. The maximum Gasteiger partial charge on any atom is 0.306 e. The van der Waals surface area contributed by atoms with Gasteiger partial charge in [0.2, 0.25) is 0 Å². The average Bonchev–Trinajstić information content (AvgIpc) is 3.20. The summed E-state index contributed by atoms with van der Waals surface area (Å²) in [5.41, 5.74) is 5.51. The molecule has 3 aliphatic rings. The van der Waals surface area contributed by atoms with Gasteiger partial charge in [0.15, 0.2) is 0 Å². The van der Waals surface area contributed by atoms with Crippen molar-refractivity contribution in [3.8, 4) is 0 Å².